The number of nitrogens with zero attached hydrogens (tertiary/aromatic N) is 2. The van der Waals surface area contributed by atoms with E-state index in [0.29, 0.717) is 5.82 Å². The number of hydrogen-bond acceptors (Lipinski definition) is 5. The van der Waals surface area contributed by atoms with E-state index in [2.05, 4.69) is 62.6 Å². The van der Waals surface area contributed by atoms with E-state index >= 15 is 0 Å². The van der Waals surface area contributed by atoms with E-state index in [1.54, 1.807) is 0 Å². The van der Waals surface area contributed by atoms with Crippen LogP contribution in [0.4, 0.5) is 17.3 Å². The molecule has 6 heteroatoms. The van der Waals surface area contributed by atoms with Crippen LogP contribution in [0.15, 0.2) is 29.0 Å². The standard InChI is InChI=1S/C14H18BrN5/c1-3-4-10-13(17-8-18-14(10)20-16)19-12-7-9(2)5-6-11(12)15/h5-8H,3-4,16H2,1-2H3,(H2,17,18,19,20). The molecule has 0 aliphatic heterocycles. The third-order valence-corrected chi connectivity index (χ3v) is 3.65. The van der Waals surface area contributed by atoms with Crippen LogP contribution in [-0.2, 0) is 6.42 Å². The monoisotopic (exact) mass is 335 g/mol. The Morgan fingerprint density at radius 3 is 2.70 bits per heavy atom. The SMILES string of the molecule is CCCc1c(NN)ncnc1Nc1cc(C)ccc1Br. The van der Waals surface area contributed by atoms with Crippen molar-refractivity contribution >= 4 is 33.3 Å². The highest BCUT2D eigenvalue weighted by molar-refractivity contribution is 9.10. The maximum absolute atomic E-state index is 5.52. The normalized spacial score (nSPS) is 10.4. The molecule has 0 aliphatic rings. The lowest BCUT2D eigenvalue weighted by Crippen LogP contribution is -2.13. The molecule has 1 aromatic carbocycles. The largest absolute Gasteiger partial charge is 0.339 e. The van der Waals surface area contributed by atoms with Gasteiger partial charge in [-0.05, 0) is 47.0 Å². The summed E-state index contributed by atoms with van der Waals surface area (Å²) in [7, 11) is 0. The molecule has 0 aliphatic carbocycles. The zero-order chi connectivity index (χ0) is 14.5. The van der Waals surface area contributed by atoms with Gasteiger partial charge in [0.25, 0.3) is 0 Å². The Morgan fingerprint density at radius 1 is 1.25 bits per heavy atom. The number of nitrogens with two attached hydrogens (primary N) is 1. The zero-order valence-corrected chi connectivity index (χ0v) is 13.2. The molecule has 0 saturated heterocycles. The lowest BCUT2D eigenvalue weighted by molar-refractivity contribution is 0.903. The fraction of sp³-hybridized carbons (Fsp3) is 0.286. The smallest absolute Gasteiger partial charge is 0.148 e. The van der Waals surface area contributed by atoms with E-state index in [0.717, 1.165) is 34.4 Å². The van der Waals surface area contributed by atoms with Crippen LogP contribution in [0.25, 0.3) is 0 Å². The first kappa shape index (κ1) is 14.7. The van der Waals surface area contributed by atoms with Crippen molar-refractivity contribution in [1.82, 2.24) is 9.97 Å². The lowest BCUT2D eigenvalue weighted by Gasteiger charge is -2.14. The summed E-state index contributed by atoms with van der Waals surface area (Å²) in [6.45, 7) is 4.16. The molecule has 20 heavy (non-hydrogen) atoms. The average Bonchev–Trinajstić information content (AvgIpc) is 2.45. The molecule has 0 amide bonds. The van der Waals surface area contributed by atoms with Crippen molar-refractivity contribution < 1.29 is 0 Å². The van der Waals surface area contributed by atoms with Gasteiger partial charge in [0.05, 0.1) is 5.69 Å². The molecule has 0 atom stereocenters. The van der Waals surface area contributed by atoms with Crippen LogP contribution >= 0.6 is 15.9 Å². The summed E-state index contributed by atoms with van der Waals surface area (Å²) in [6.07, 6.45) is 3.35. The van der Waals surface area contributed by atoms with Crippen molar-refractivity contribution in [3.05, 3.63) is 40.1 Å². The van der Waals surface area contributed by atoms with E-state index in [1.807, 2.05) is 6.07 Å². The minimum absolute atomic E-state index is 0.660. The van der Waals surface area contributed by atoms with Crippen LogP contribution in [0.3, 0.4) is 0 Å². The van der Waals surface area contributed by atoms with Crippen LogP contribution in [-0.4, -0.2) is 9.97 Å². The van der Waals surface area contributed by atoms with Crippen molar-refractivity contribution in [3.63, 3.8) is 0 Å². The summed E-state index contributed by atoms with van der Waals surface area (Å²) in [5.41, 5.74) is 5.78. The topological polar surface area (TPSA) is 75.9 Å². The van der Waals surface area contributed by atoms with Gasteiger partial charge in [-0.2, -0.15) is 0 Å². The first-order valence-corrected chi connectivity index (χ1v) is 7.28. The van der Waals surface area contributed by atoms with E-state index in [1.165, 1.54) is 11.9 Å². The lowest BCUT2D eigenvalue weighted by atomic mass is 10.1. The number of benzene rings is 1. The fourth-order valence-corrected chi connectivity index (χ4v) is 2.34. The molecular weight excluding hydrogens is 318 g/mol. The molecule has 5 nitrogen and oxygen atoms in total. The average molecular weight is 336 g/mol. The van der Waals surface area contributed by atoms with Gasteiger partial charge in [0.15, 0.2) is 0 Å². The molecule has 2 rings (SSSR count). The number of nitrogens with one attached hydrogen (secondary N) is 2. The molecule has 0 bridgehead atoms. The first-order chi connectivity index (χ1) is 9.65. The van der Waals surface area contributed by atoms with Crippen LogP contribution in [0, 0.1) is 6.92 Å². The van der Waals surface area contributed by atoms with Crippen LogP contribution in [0.1, 0.15) is 24.5 Å². The van der Waals surface area contributed by atoms with Crippen molar-refractivity contribution in [2.45, 2.75) is 26.7 Å². The van der Waals surface area contributed by atoms with Gasteiger partial charge < -0.3 is 10.7 Å². The molecule has 0 spiro atoms. The van der Waals surface area contributed by atoms with Crippen LogP contribution in [0.5, 0.6) is 0 Å². The third kappa shape index (κ3) is 3.26. The number of anilines is 3. The summed E-state index contributed by atoms with van der Waals surface area (Å²) < 4.78 is 0.992. The molecule has 0 radical (unpaired) electrons. The molecule has 0 fully saturated rings. The predicted octanol–water partition coefficient (Wildman–Crippen LogP) is 3.53. The highest BCUT2D eigenvalue weighted by Gasteiger charge is 2.11. The second-order valence-corrected chi connectivity index (χ2v) is 5.41. The van der Waals surface area contributed by atoms with Crippen molar-refractivity contribution in [3.8, 4) is 0 Å². The Balaban J connectivity index is 2.39. The molecular formula is C14H18BrN5. The Kier molecular flexibility index (Phi) is 4.92. The Bertz CT molecular complexity index is 600. The van der Waals surface area contributed by atoms with Gasteiger partial charge in [0.2, 0.25) is 0 Å². The second kappa shape index (κ2) is 6.67. The van der Waals surface area contributed by atoms with Crippen molar-refractivity contribution in [2.24, 2.45) is 5.84 Å². The quantitative estimate of drug-likeness (QED) is 0.575. The fourth-order valence-electron chi connectivity index (χ4n) is 1.99. The Morgan fingerprint density at radius 2 is 2.00 bits per heavy atom. The molecule has 2 aromatic rings. The van der Waals surface area contributed by atoms with E-state index < -0.39 is 0 Å². The van der Waals surface area contributed by atoms with Gasteiger partial charge in [-0.25, -0.2) is 15.8 Å². The minimum Gasteiger partial charge on any atom is -0.339 e. The highest BCUT2D eigenvalue weighted by Crippen LogP contribution is 2.29. The van der Waals surface area contributed by atoms with Gasteiger partial charge >= 0.3 is 0 Å². The predicted molar refractivity (Wildman–Crippen MR) is 86.0 cm³/mol. The van der Waals surface area contributed by atoms with Gasteiger partial charge in [-0.1, -0.05) is 19.4 Å². The summed E-state index contributed by atoms with van der Waals surface area (Å²) in [6, 6.07) is 6.13. The molecule has 0 saturated carbocycles. The maximum atomic E-state index is 5.52. The number of halogens is 1. The first-order valence-electron chi connectivity index (χ1n) is 6.49. The highest BCUT2D eigenvalue weighted by atomic mass is 79.9. The summed E-state index contributed by atoms with van der Waals surface area (Å²) in [4.78, 5) is 8.49. The second-order valence-electron chi connectivity index (χ2n) is 4.55. The van der Waals surface area contributed by atoms with Gasteiger partial charge in [0, 0.05) is 10.0 Å². The van der Waals surface area contributed by atoms with Crippen molar-refractivity contribution in [1.29, 1.82) is 0 Å². The number of nitrogen functional groups attached to an aromatic ring is 1. The van der Waals surface area contributed by atoms with Gasteiger partial charge in [-0.15, -0.1) is 0 Å². The van der Waals surface area contributed by atoms with E-state index in [-0.39, 0.29) is 0 Å². The summed E-state index contributed by atoms with van der Waals surface area (Å²) in [5, 5.41) is 3.35. The van der Waals surface area contributed by atoms with Crippen molar-refractivity contribution in [2.75, 3.05) is 10.7 Å². The molecule has 106 valence electrons. The number of aromatic nitrogens is 2. The number of hydrogen-bond donors (Lipinski definition) is 3. The zero-order valence-electron chi connectivity index (χ0n) is 11.6. The third-order valence-electron chi connectivity index (χ3n) is 2.96. The van der Waals surface area contributed by atoms with Gasteiger partial charge in [-0.3, -0.25) is 0 Å². The number of aryl methyl sites for hydroxylation is 1. The molecule has 0 unspecified atom stereocenters. The summed E-state index contributed by atoms with van der Waals surface area (Å²) >= 11 is 3.54. The summed E-state index contributed by atoms with van der Waals surface area (Å²) in [5.74, 6) is 6.96. The minimum atomic E-state index is 0.660. The number of hydrazine groups is 1. The molecule has 1 aromatic heterocycles. The van der Waals surface area contributed by atoms with Gasteiger partial charge in [0.1, 0.15) is 18.0 Å². The Hall–Kier alpha value is -1.66. The van der Waals surface area contributed by atoms with Crippen LogP contribution in [0.2, 0.25) is 0 Å². The van der Waals surface area contributed by atoms with Crippen LogP contribution < -0.4 is 16.6 Å². The number of rotatable bonds is 5. The molecule has 4 N–H and O–H groups in total. The maximum Gasteiger partial charge on any atom is 0.148 e. The van der Waals surface area contributed by atoms with E-state index in [4.69, 9.17) is 5.84 Å². The molecule has 1 heterocycles. The van der Waals surface area contributed by atoms with E-state index in [9.17, 15) is 0 Å². The Labute approximate surface area is 127 Å².